The van der Waals surface area contributed by atoms with Gasteiger partial charge in [0, 0.05) is 10.6 Å². The molecule has 2 amide bonds. The molecule has 0 atom stereocenters. The number of carbonyl (C=O) groups is 2. The number of para-hydroxylation sites is 1. The number of benzene rings is 1. The van der Waals surface area contributed by atoms with Crippen molar-refractivity contribution in [2.75, 3.05) is 17.7 Å². The lowest BCUT2D eigenvalue weighted by Crippen LogP contribution is -2.20. The van der Waals surface area contributed by atoms with Crippen molar-refractivity contribution >= 4 is 34.0 Å². The van der Waals surface area contributed by atoms with E-state index in [9.17, 15) is 9.59 Å². The Morgan fingerprint density at radius 3 is 2.64 bits per heavy atom. The maximum absolute atomic E-state index is 12.1. The van der Waals surface area contributed by atoms with Gasteiger partial charge in [-0.25, -0.2) is 9.59 Å². The molecule has 2 N–H and O–H groups in total. The number of aryl methyl sites for hydroxylation is 1. The second-order valence-electron chi connectivity index (χ2n) is 5.00. The van der Waals surface area contributed by atoms with Crippen molar-refractivity contribution in [2.24, 2.45) is 0 Å². The molecule has 1 aliphatic carbocycles. The highest BCUT2D eigenvalue weighted by Crippen LogP contribution is 2.39. The number of ether oxygens (including phenoxy) is 1. The number of hydrogen-bond donors (Lipinski definition) is 2. The van der Waals surface area contributed by atoms with Crippen molar-refractivity contribution in [1.29, 1.82) is 0 Å². The Hall–Kier alpha value is -2.34. The number of carbonyl (C=O) groups excluding carboxylic acids is 2. The van der Waals surface area contributed by atoms with E-state index in [1.807, 2.05) is 18.2 Å². The molecule has 114 valence electrons. The van der Waals surface area contributed by atoms with Crippen LogP contribution in [0.2, 0.25) is 0 Å². The fraction of sp³-hybridized carbons (Fsp3) is 0.250. The molecule has 0 spiro atoms. The molecule has 0 bridgehead atoms. The number of fused-ring (bicyclic) bond motifs is 1. The van der Waals surface area contributed by atoms with Gasteiger partial charge in [-0.05, 0) is 37.0 Å². The molecular formula is C16H16N2O3S. The van der Waals surface area contributed by atoms with E-state index in [1.165, 1.54) is 18.4 Å². The quantitative estimate of drug-likeness (QED) is 0.849. The van der Waals surface area contributed by atoms with Gasteiger partial charge < -0.3 is 10.1 Å². The van der Waals surface area contributed by atoms with Gasteiger partial charge in [-0.2, -0.15) is 0 Å². The lowest BCUT2D eigenvalue weighted by Gasteiger charge is -2.08. The van der Waals surface area contributed by atoms with Crippen LogP contribution < -0.4 is 10.6 Å². The predicted molar refractivity (Wildman–Crippen MR) is 86.8 cm³/mol. The fourth-order valence-corrected chi connectivity index (χ4v) is 3.87. The van der Waals surface area contributed by atoms with E-state index in [-0.39, 0.29) is 6.03 Å². The largest absolute Gasteiger partial charge is 0.465 e. The zero-order valence-corrected chi connectivity index (χ0v) is 13.0. The van der Waals surface area contributed by atoms with E-state index in [0.29, 0.717) is 16.3 Å². The molecule has 6 heteroatoms. The van der Waals surface area contributed by atoms with Crippen molar-refractivity contribution < 1.29 is 14.3 Å². The molecule has 1 aromatic heterocycles. The van der Waals surface area contributed by atoms with E-state index in [0.717, 1.165) is 29.7 Å². The van der Waals surface area contributed by atoms with Gasteiger partial charge >= 0.3 is 12.0 Å². The van der Waals surface area contributed by atoms with E-state index in [1.54, 1.807) is 12.1 Å². The number of amides is 2. The summed E-state index contributed by atoms with van der Waals surface area (Å²) < 4.78 is 4.86. The number of methoxy groups -OCH3 is 1. The van der Waals surface area contributed by atoms with Crippen LogP contribution in [-0.2, 0) is 17.6 Å². The Labute approximate surface area is 132 Å². The van der Waals surface area contributed by atoms with Crippen LogP contribution in [0.15, 0.2) is 30.3 Å². The van der Waals surface area contributed by atoms with Gasteiger partial charge in [0.25, 0.3) is 0 Å². The van der Waals surface area contributed by atoms with Crippen molar-refractivity contribution in [1.82, 2.24) is 0 Å². The van der Waals surface area contributed by atoms with Gasteiger partial charge in [-0.1, -0.05) is 18.2 Å². The lowest BCUT2D eigenvalue weighted by atomic mass is 10.1. The summed E-state index contributed by atoms with van der Waals surface area (Å²) in [6.07, 6.45) is 2.85. The van der Waals surface area contributed by atoms with Crippen molar-refractivity contribution in [2.45, 2.75) is 19.3 Å². The number of hydrogen-bond acceptors (Lipinski definition) is 4. The SMILES string of the molecule is COC(=O)c1c(NC(=O)Nc2ccccc2)sc2c1CCC2. The molecule has 1 heterocycles. The maximum atomic E-state index is 12.1. The van der Waals surface area contributed by atoms with Crippen LogP contribution in [0.25, 0.3) is 0 Å². The maximum Gasteiger partial charge on any atom is 0.341 e. The summed E-state index contributed by atoms with van der Waals surface area (Å²) in [4.78, 5) is 25.3. The second-order valence-corrected chi connectivity index (χ2v) is 6.10. The number of thiophene rings is 1. The van der Waals surface area contributed by atoms with Crippen LogP contribution in [0.5, 0.6) is 0 Å². The number of urea groups is 1. The average molecular weight is 316 g/mol. The Bertz CT molecular complexity index is 710. The van der Waals surface area contributed by atoms with E-state index < -0.39 is 5.97 Å². The molecule has 22 heavy (non-hydrogen) atoms. The molecule has 0 aliphatic heterocycles. The highest BCUT2D eigenvalue weighted by molar-refractivity contribution is 7.17. The van der Waals surface area contributed by atoms with Gasteiger partial charge in [0.05, 0.1) is 12.7 Å². The first-order chi connectivity index (χ1) is 10.7. The minimum atomic E-state index is -0.394. The third-order valence-corrected chi connectivity index (χ3v) is 4.78. The molecule has 0 saturated heterocycles. The highest BCUT2D eigenvalue weighted by Gasteiger charge is 2.27. The minimum Gasteiger partial charge on any atom is -0.465 e. The number of rotatable bonds is 3. The highest BCUT2D eigenvalue weighted by atomic mass is 32.1. The number of anilines is 2. The normalized spacial score (nSPS) is 12.6. The molecule has 0 fully saturated rings. The first-order valence-electron chi connectivity index (χ1n) is 7.05. The minimum absolute atomic E-state index is 0.365. The van der Waals surface area contributed by atoms with Crippen LogP contribution >= 0.6 is 11.3 Å². The molecule has 0 unspecified atom stereocenters. The van der Waals surface area contributed by atoms with Gasteiger partial charge in [0.2, 0.25) is 0 Å². The average Bonchev–Trinajstić information content (AvgIpc) is 3.08. The molecule has 5 nitrogen and oxygen atoms in total. The molecule has 1 aliphatic rings. The molecule has 0 saturated carbocycles. The zero-order valence-electron chi connectivity index (χ0n) is 12.1. The van der Waals surface area contributed by atoms with Crippen LogP contribution in [0.1, 0.15) is 27.2 Å². The van der Waals surface area contributed by atoms with E-state index >= 15 is 0 Å². The molecule has 3 rings (SSSR count). The van der Waals surface area contributed by atoms with Crippen LogP contribution in [0.3, 0.4) is 0 Å². The number of esters is 1. The Kier molecular flexibility index (Phi) is 4.11. The van der Waals surface area contributed by atoms with E-state index in [2.05, 4.69) is 10.6 Å². The molecule has 0 radical (unpaired) electrons. The zero-order chi connectivity index (χ0) is 15.5. The predicted octanol–water partition coefficient (Wildman–Crippen LogP) is 3.67. The molecule has 1 aromatic carbocycles. The summed E-state index contributed by atoms with van der Waals surface area (Å²) in [6.45, 7) is 0. The molecule has 2 aromatic rings. The molecular weight excluding hydrogens is 300 g/mol. The lowest BCUT2D eigenvalue weighted by molar-refractivity contribution is 0.0601. The smallest absolute Gasteiger partial charge is 0.341 e. The first kappa shape index (κ1) is 14.6. The van der Waals surface area contributed by atoms with Crippen LogP contribution in [0, 0.1) is 0 Å². The summed E-state index contributed by atoms with van der Waals surface area (Å²) in [5.41, 5.74) is 2.22. The third-order valence-electron chi connectivity index (χ3n) is 3.57. The Morgan fingerprint density at radius 2 is 1.91 bits per heavy atom. The topological polar surface area (TPSA) is 67.4 Å². The van der Waals surface area contributed by atoms with E-state index in [4.69, 9.17) is 4.74 Å². The van der Waals surface area contributed by atoms with Crippen molar-refractivity contribution in [3.8, 4) is 0 Å². The summed E-state index contributed by atoms with van der Waals surface area (Å²) in [7, 11) is 1.36. The standard InChI is InChI=1S/C16H16N2O3S/c1-21-15(19)13-11-8-5-9-12(11)22-14(13)18-16(20)17-10-6-3-2-4-7-10/h2-4,6-7H,5,8-9H2,1H3,(H2,17,18,20). The summed E-state index contributed by atoms with van der Waals surface area (Å²) in [6, 6.07) is 8.80. The second kappa shape index (κ2) is 6.19. The Morgan fingerprint density at radius 1 is 1.14 bits per heavy atom. The van der Waals surface area contributed by atoms with Gasteiger partial charge in [0.1, 0.15) is 5.00 Å². The third kappa shape index (κ3) is 2.82. The van der Waals surface area contributed by atoms with Gasteiger partial charge in [-0.15, -0.1) is 11.3 Å². The number of nitrogens with one attached hydrogen (secondary N) is 2. The summed E-state index contributed by atoms with van der Waals surface area (Å²) >= 11 is 1.46. The first-order valence-corrected chi connectivity index (χ1v) is 7.86. The van der Waals surface area contributed by atoms with Crippen LogP contribution in [-0.4, -0.2) is 19.1 Å². The van der Waals surface area contributed by atoms with Gasteiger partial charge in [-0.3, -0.25) is 5.32 Å². The van der Waals surface area contributed by atoms with Crippen molar-refractivity contribution in [3.05, 3.63) is 46.3 Å². The summed E-state index contributed by atoms with van der Waals surface area (Å²) in [5.74, 6) is -0.394. The Balaban J connectivity index is 1.80. The summed E-state index contributed by atoms with van der Waals surface area (Å²) in [5, 5.41) is 6.08. The van der Waals surface area contributed by atoms with Crippen LogP contribution in [0.4, 0.5) is 15.5 Å². The van der Waals surface area contributed by atoms with Crippen molar-refractivity contribution in [3.63, 3.8) is 0 Å². The van der Waals surface area contributed by atoms with Gasteiger partial charge in [0.15, 0.2) is 0 Å². The fourth-order valence-electron chi connectivity index (χ4n) is 2.60. The monoisotopic (exact) mass is 316 g/mol.